The van der Waals surface area contributed by atoms with Crippen LogP contribution in [0.5, 0.6) is 0 Å². The van der Waals surface area contributed by atoms with Gasteiger partial charge in [0.2, 0.25) is 0 Å². The highest BCUT2D eigenvalue weighted by molar-refractivity contribution is 6.07. The first-order chi connectivity index (χ1) is 11.1. The Hall–Kier alpha value is -3.08. The number of rotatable bonds is 3. The molecule has 2 aromatic carbocycles. The van der Waals surface area contributed by atoms with E-state index in [-0.39, 0.29) is 17.2 Å². The number of benzene rings is 2. The van der Waals surface area contributed by atoms with Gasteiger partial charge in [-0.1, -0.05) is 42.5 Å². The standard InChI is InChI=1S/C18H16N2O3/c1-12-7-6-10-14(11-12)19-17(21)16-15(18(22)23-20(16)2)13-8-4-3-5-9-13/h3-11H,1-2H3,(H,19,21). The zero-order valence-corrected chi connectivity index (χ0v) is 12.9. The third-order valence-electron chi connectivity index (χ3n) is 3.53. The van der Waals surface area contributed by atoms with E-state index in [1.165, 1.54) is 4.74 Å². The molecule has 1 aromatic heterocycles. The van der Waals surface area contributed by atoms with Crippen molar-refractivity contribution in [2.24, 2.45) is 7.05 Å². The molecule has 0 bridgehead atoms. The fraction of sp³-hybridized carbons (Fsp3) is 0.111. The van der Waals surface area contributed by atoms with Crippen LogP contribution in [0.2, 0.25) is 0 Å². The zero-order chi connectivity index (χ0) is 16.4. The Balaban J connectivity index is 2.03. The van der Waals surface area contributed by atoms with Gasteiger partial charge >= 0.3 is 5.63 Å². The molecule has 23 heavy (non-hydrogen) atoms. The normalized spacial score (nSPS) is 10.5. The van der Waals surface area contributed by atoms with E-state index in [2.05, 4.69) is 5.32 Å². The van der Waals surface area contributed by atoms with E-state index in [1.54, 1.807) is 25.2 Å². The molecule has 0 atom stereocenters. The van der Waals surface area contributed by atoms with E-state index >= 15 is 0 Å². The number of anilines is 1. The van der Waals surface area contributed by atoms with Crippen LogP contribution in [0.1, 0.15) is 16.1 Å². The monoisotopic (exact) mass is 308 g/mol. The van der Waals surface area contributed by atoms with Crippen molar-refractivity contribution in [1.82, 2.24) is 4.74 Å². The van der Waals surface area contributed by atoms with Crippen LogP contribution in [0.25, 0.3) is 11.1 Å². The topological polar surface area (TPSA) is 64.2 Å². The smallest absolute Gasteiger partial charge is 0.335 e. The van der Waals surface area contributed by atoms with E-state index in [0.717, 1.165) is 5.56 Å². The highest BCUT2D eigenvalue weighted by atomic mass is 16.5. The molecule has 0 spiro atoms. The molecule has 3 aromatic rings. The molecule has 0 radical (unpaired) electrons. The van der Waals surface area contributed by atoms with Crippen molar-refractivity contribution in [1.29, 1.82) is 0 Å². The summed E-state index contributed by atoms with van der Waals surface area (Å²) in [4.78, 5) is 24.7. The molecule has 0 aliphatic carbocycles. The number of hydrogen-bond donors (Lipinski definition) is 1. The highest BCUT2D eigenvalue weighted by Gasteiger charge is 2.23. The van der Waals surface area contributed by atoms with E-state index in [1.807, 2.05) is 43.3 Å². The van der Waals surface area contributed by atoms with Gasteiger partial charge in [-0.15, -0.1) is 0 Å². The number of aromatic nitrogens is 1. The molecular weight excluding hydrogens is 292 g/mol. The van der Waals surface area contributed by atoms with E-state index < -0.39 is 5.63 Å². The summed E-state index contributed by atoms with van der Waals surface area (Å²) in [5.74, 6) is -0.386. The second kappa shape index (κ2) is 5.96. The van der Waals surface area contributed by atoms with Gasteiger partial charge in [0.15, 0.2) is 5.69 Å². The van der Waals surface area contributed by atoms with Gasteiger partial charge in [-0.2, -0.15) is 0 Å². The maximum absolute atomic E-state index is 12.6. The molecule has 0 fully saturated rings. The third-order valence-corrected chi connectivity index (χ3v) is 3.53. The lowest BCUT2D eigenvalue weighted by Gasteiger charge is -2.07. The Morgan fingerprint density at radius 1 is 1.09 bits per heavy atom. The van der Waals surface area contributed by atoms with Crippen LogP contribution in [0.4, 0.5) is 5.69 Å². The Labute approximate surface area is 133 Å². The summed E-state index contributed by atoms with van der Waals surface area (Å²) in [6.07, 6.45) is 0. The van der Waals surface area contributed by atoms with E-state index in [4.69, 9.17) is 4.52 Å². The van der Waals surface area contributed by atoms with E-state index in [0.29, 0.717) is 11.3 Å². The maximum atomic E-state index is 12.6. The van der Waals surface area contributed by atoms with Crippen molar-refractivity contribution in [3.63, 3.8) is 0 Å². The second-order valence-corrected chi connectivity index (χ2v) is 5.29. The van der Waals surface area contributed by atoms with Gasteiger partial charge in [-0.25, -0.2) is 9.53 Å². The molecule has 0 aliphatic rings. The van der Waals surface area contributed by atoms with Crippen LogP contribution in [-0.4, -0.2) is 10.6 Å². The lowest BCUT2D eigenvalue weighted by atomic mass is 10.1. The first kappa shape index (κ1) is 14.8. The first-order valence-corrected chi connectivity index (χ1v) is 7.20. The largest absolute Gasteiger partial charge is 0.366 e. The minimum absolute atomic E-state index is 0.197. The second-order valence-electron chi connectivity index (χ2n) is 5.29. The van der Waals surface area contributed by atoms with E-state index in [9.17, 15) is 9.59 Å². The Morgan fingerprint density at radius 3 is 2.52 bits per heavy atom. The Bertz CT molecular complexity index is 908. The van der Waals surface area contributed by atoms with Crippen molar-refractivity contribution in [3.8, 4) is 11.1 Å². The molecule has 5 heteroatoms. The minimum atomic E-state index is -0.534. The summed E-state index contributed by atoms with van der Waals surface area (Å²) >= 11 is 0. The fourth-order valence-corrected chi connectivity index (χ4v) is 2.50. The van der Waals surface area contributed by atoms with Gasteiger partial charge in [-0.3, -0.25) is 4.79 Å². The van der Waals surface area contributed by atoms with Gasteiger partial charge < -0.3 is 9.84 Å². The van der Waals surface area contributed by atoms with Gasteiger partial charge in [0.1, 0.15) is 5.56 Å². The molecule has 0 aliphatic heterocycles. The molecule has 1 heterocycles. The molecular formula is C18H16N2O3. The molecule has 116 valence electrons. The molecule has 3 rings (SSSR count). The van der Waals surface area contributed by atoms with Gasteiger partial charge in [0.05, 0.1) is 0 Å². The van der Waals surface area contributed by atoms with Crippen molar-refractivity contribution in [3.05, 3.63) is 76.3 Å². The van der Waals surface area contributed by atoms with Crippen molar-refractivity contribution in [2.75, 3.05) is 5.32 Å². The summed E-state index contributed by atoms with van der Waals surface area (Å²) < 4.78 is 6.29. The SMILES string of the molecule is Cc1cccc(NC(=O)c2c(-c3ccccc3)c(=O)on2C)c1. The summed E-state index contributed by atoms with van der Waals surface area (Å²) in [7, 11) is 1.54. The Morgan fingerprint density at radius 2 is 1.83 bits per heavy atom. The molecule has 1 amide bonds. The number of carbonyl (C=O) groups is 1. The minimum Gasteiger partial charge on any atom is -0.335 e. The van der Waals surface area contributed by atoms with Gasteiger partial charge in [-0.05, 0) is 30.2 Å². The summed E-state index contributed by atoms with van der Waals surface area (Å²) in [6.45, 7) is 1.94. The van der Waals surface area contributed by atoms with Crippen LogP contribution >= 0.6 is 0 Å². The highest BCUT2D eigenvalue weighted by Crippen LogP contribution is 2.21. The number of nitrogens with zero attached hydrogens (tertiary/aromatic N) is 1. The summed E-state index contributed by atoms with van der Waals surface area (Å²) in [6, 6.07) is 16.5. The van der Waals surface area contributed by atoms with Crippen LogP contribution in [0.15, 0.2) is 63.9 Å². The number of amides is 1. The van der Waals surface area contributed by atoms with Crippen molar-refractivity contribution >= 4 is 11.6 Å². The van der Waals surface area contributed by atoms with Gasteiger partial charge in [0, 0.05) is 12.7 Å². The lowest BCUT2D eigenvalue weighted by molar-refractivity contribution is 0.100. The maximum Gasteiger partial charge on any atom is 0.366 e. The predicted molar refractivity (Wildman–Crippen MR) is 88.5 cm³/mol. The average molecular weight is 308 g/mol. The third kappa shape index (κ3) is 2.94. The molecule has 5 nitrogen and oxygen atoms in total. The molecule has 1 N–H and O–H groups in total. The summed E-state index contributed by atoms with van der Waals surface area (Å²) in [5, 5.41) is 2.80. The number of hydrogen-bond acceptors (Lipinski definition) is 3. The number of carbonyl (C=O) groups excluding carboxylic acids is 1. The Kier molecular flexibility index (Phi) is 3.85. The summed E-state index contributed by atoms with van der Waals surface area (Å²) in [5.41, 5.74) is 2.28. The molecule has 0 saturated carbocycles. The van der Waals surface area contributed by atoms with Crippen molar-refractivity contribution in [2.45, 2.75) is 6.92 Å². The van der Waals surface area contributed by atoms with Gasteiger partial charge in [0.25, 0.3) is 5.91 Å². The van der Waals surface area contributed by atoms with Crippen molar-refractivity contribution < 1.29 is 9.32 Å². The van der Waals surface area contributed by atoms with Crippen LogP contribution in [0.3, 0.4) is 0 Å². The lowest BCUT2D eigenvalue weighted by Crippen LogP contribution is -2.17. The quantitative estimate of drug-likeness (QED) is 0.808. The molecule has 0 saturated heterocycles. The van der Waals surface area contributed by atoms with Crippen LogP contribution in [0, 0.1) is 6.92 Å². The van der Waals surface area contributed by atoms with Crippen LogP contribution < -0.4 is 10.9 Å². The predicted octanol–water partition coefficient (Wildman–Crippen LogP) is 3.21. The average Bonchev–Trinajstić information content (AvgIpc) is 2.82. The van der Waals surface area contributed by atoms with Crippen LogP contribution in [-0.2, 0) is 7.05 Å². The first-order valence-electron chi connectivity index (χ1n) is 7.20. The fourth-order valence-electron chi connectivity index (χ4n) is 2.50. The number of nitrogens with one attached hydrogen (secondary N) is 1. The number of aryl methyl sites for hydroxylation is 2. The zero-order valence-electron chi connectivity index (χ0n) is 12.9. The molecule has 0 unspecified atom stereocenters.